The van der Waals surface area contributed by atoms with Crippen LogP contribution in [0.4, 0.5) is 5.69 Å². The molecule has 0 aromatic heterocycles. The van der Waals surface area contributed by atoms with E-state index < -0.39 is 0 Å². The van der Waals surface area contributed by atoms with Crippen molar-refractivity contribution in [3.8, 4) is 95.1 Å². The van der Waals surface area contributed by atoms with Crippen LogP contribution in [0.2, 0.25) is 0 Å². The van der Waals surface area contributed by atoms with E-state index in [1.807, 2.05) is 24.3 Å². The van der Waals surface area contributed by atoms with E-state index in [0.29, 0.717) is 11.3 Å². The largest absolute Gasteiger partial charge is 0.238 e. The Bertz CT molecular complexity index is 3540. The fraction of sp³-hybridized carbons (Fsp3) is 0. The lowest BCUT2D eigenvalue weighted by Crippen LogP contribution is -1.95. The van der Waals surface area contributed by atoms with Gasteiger partial charge in [-0.15, -0.1) is 0 Å². The number of hydrogen-bond donors (Lipinski definition) is 0. The SMILES string of the molecule is [C-]#[N+]c1ccc(-c2cc(-c3cc(-c4ccccc4)cc(-c4ccccc4)c3)c3ccc4c(-c5ccc(C#N)cc5)cc(-c5cc(-c6ccccc6)cc(-c6ccccc6)c5)c5ccc2c3c45)cc1. The molecule has 12 aromatic carbocycles. The summed E-state index contributed by atoms with van der Waals surface area (Å²) in [5, 5.41) is 16.8. The van der Waals surface area contributed by atoms with E-state index >= 15 is 0 Å². The van der Waals surface area contributed by atoms with Crippen LogP contribution in [-0.2, 0) is 0 Å². The van der Waals surface area contributed by atoms with Gasteiger partial charge in [-0.25, -0.2) is 4.85 Å². The molecule has 0 unspecified atom stereocenters. The summed E-state index contributed by atoms with van der Waals surface area (Å²) in [6.07, 6.45) is 0. The van der Waals surface area contributed by atoms with Crippen molar-refractivity contribution in [2.45, 2.75) is 0 Å². The summed E-state index contributed by atoms with van der Waals surface area (Å²) in [5.41, 5.74) is 19.3. The highest BCUT2D eigenvalue weighted by Gasteiger charge is 2.22. The first-order valence-electron chi connectivity index (χ1n) is 22.9. The number of nitrogens with zero attached hydrogens (tertiary/aromatic N) is 2. The van der Waals surface area contributed by atoms with Crippen molar-refractivity contribution >= 4 is 38.0 Å². The standard InChI is InChI=1S/C66H40N2/c1-68-56-28-26-49(27-29-56)62-41-64(55-38-52(46-18-10-4-11-19-46)35-53(39-55)47-20-12-5-13-21-47)60-32-30-57-61(48-24-22-43(42-67)23-25-48)40-63(59-33-31-58(62)66(60)65(57)59)54-36-50(44-14-6-2-7-15-44)34-51(37-54)45-16-8-3-9-17-45/h2-41H. The second kappa shape index (κ2) is 16.9. The van der Waals surface area contributed by atoms with Gasteiger partial charge in [-0.3, -0.25) is 0 Å². The molecule has 0 fully saturated rings. The molecule has 0 N–H and O–H groups in total. The van der Waals surface area contributed by atoms with Crippen molar-refractivity contribution in [3.05, 3.63) is 260 Å². The van der Waals surface area contributed by atoms with Gasteiger partial charge < -0.3 is 0 Å². The smallest absolute Gasteiger partial charge is 0.187 e. The third kappa shape index (κ3) is 7.15. The lowest BCUT2D eigenvalue weighted by atomic mass is 9.81. The predicted molar refractivity (Wildman–Crippen MR) is 285 cm³/mol. The maximum absolute atomic E-state index is 9.86. The van der Waals surface area contributed by atoms with Crippen LogP contribution in [0.1, 0.15) is 5.56 Å². The van der Waals surface area contributed by atoms with Gasteiger partial charge in [-0.05, 0) is 182 Å². The van der Waals surface area contributed by atoms with Crippen LogP contribution in [0, 0.1) is 17.9 Å². The van der Waals surface area contributed by atoms with Crippen LogP contribution in [0.15, 0.2) is 243 Å². The van der Waals surface area contributed by atoms with Crippen molar-refractivity contribution in [1.82, 2.24) is 0 Å². The Kier molecular flexibility index (Phi) is 9.99. The molecule has 0 bridgehead atoms. The number of benzene rings is 12. The van der Waals surface area contributed by atoms with Gasteiger partial charge in [0.1, 0.15) is 0 Å². The van der Waals surface area contributed by atoms with E-state index in [1.165, 1.54) is 10.8 Å². The van der Waals surface area contributed by atoms with Crippen molar-refractivity contribution < 1.29 is 0 Å². The summed E-state index contributed by atoms with van der Waals surface area (Å²) in [4.78, 5) is 3.75. The van der Waals surface area contributed by atoms with Crippen LogP contribution in [0.3, 0.4) is 0 Å². The molecule has 0 aliphatic carbocycles. The Morgan fingerprint density at radius 3 is 0.882 bits per heavy atom. The fourth-order valence-corrected chi connectivity index (χ4v) is 10.1. The fourth-order valence-electron chi connectivity index (χ4n) is 10.1. The van der Waals surface area contributed by atoms with E-state index in [-0.39, 0.29) is 0 Å². The van der Waals surface area contributed by atoms with E-state index in [9.17, 15) is 5.26 Å². The molecule has 12 rings (SSSR count). The van der Waals surface area contributed by atoms with Gasteiger partial charge in [0.25, 0.3) is 0 Å². The number of nitriles is 1. The normalized spacial score (nSPS) is 11.2. The van der Waals surface area contributed by atoms with Gasteiger partial charge in [0.15, 0.2) is 5.69 Å². The van der Waals surface area contributed by atoms with Crippen LogP contribution in [-0.4, -0.2) is 0 Å². The molecular formula is C66H40N2. The zero-order valence-electron chi connectivity index (χ0n) is 37.0. The summed E-state index contributed by atoms with van der Waals surface area (Å²) in [6, 6.07) is 88.9. The average molecular weight is 861 g/mol. The predicted octanol–water partition coefficient (Wildman–Crippen LogP) is 18.3. The van der Waals surface area contributed by atoms with Gasteiger partial charge in [0.2, 0.25) is 0 Å². The van der Waals surface area contributed by atoms with Gasteiger partial charge >= 0.3 is 0 Å². The van der Waals surface area contributed by atoms with E-state index in [2.05, 4.69) is 229 Å². The first kappa shape index (κ1) is 40.2. The lowest BCUT2D eigenvalue weighted by Gasteiger charge is -2.22. The van der Waals surface area contributed by atoms with Gasteiger partial charge in [0.05, 0.1) is 18.2 Å². The zero-order valence-corrected chi connectivity index (χ0v) is 37.0. The Morgan fingerprint density at radius 1 is 0.279 bits per heavy atom. The van der Waals surface area contributed by atoms with Gasteiger partial charge in [-0.1, -0.05) is 182 Å². The lowest BCUT2D eigenvalue weighted by molar-refractivity contribution is 1.48. The highest BCUT2D eigenvalue weighted by atomic mass is 14.6. The van der Waals surface area contributed by atoms with Crippen molar-refractivity contribution in [3.63, 3.8) is 0 Å². The van der Waals surface area contributed by atoms with Crippen molar-refractivity contribution in [2.24, 2.45) is 0 Å². The molecule has 2 nitrogen and oxygen atoms in total. The summed E-state index contributed by atoms with van der Waals surface area (Å²) in [5.74, 6) is 0. The Morgan fingerprint density at radius 2 is 0.574 bits per heavy atom. The second-order valence-electron chi connectivity index (χ2n) is 17.4. The van der Waals surface area contributed by atoms with Crippen molar-refractivity contribution in [2.75, 3.05) is 0 Å². The monoisotopic (exact) mass is 860 g/mol. The summed E-state index contributed by atoms with van der Waals surface area (Å²) in [6.45, 7) is 7.76. The highest BCUT2D eigenvalue weighted by molar-refractivity contribution is 6.32. The third-order valence-electron chi connectivity index (χ3n) is 13.4. The minimum Gasteiger partial charge on any atom is -0.238 e. The molecule has 0 atom stereocenters. The number of hydrogen-bond acceptors (Lipinski definition) is 1. The average Bonchev–Trinajstić information content (AvgIpc) is 3.42. The molecule has 12 aromatic rings. The molecule has 0 spiro atoms. The molecular weight excluding hydrogens is 821 g/mol. The van der Waals surface area contributed by atoms with E-state index in [0.717, 1.165) is 111 Å². The van der Waals surface area contributed by atoms with Gasteiger partial charge in [-0.2, -0.15) is 5.26 Å². The molecule has 0 saturated heterocycles. The topological polar surface area (TPSA) is 28.1 Å². The number of rotatable bonds is 8. The Hall–Kier alpha value is -9.34. The minimum atomic E-state index is 0.610. The Balaban J connectivity index is 1.21. The quantitative estimate of drug-likeness (QED) is 0.110. The van der Waals surface area contributed by atoms with Crippen LogP contribution >= 0.6 is 0 Å². The summed E-state index contributed by atoms with van der Waals surface area (Å²) < 4.78 is 0. The molecule has 0 radical (unpaired) electrons. The Labute approximate surface area is 396 Å². The maximum Gasteiger partial charge on any atom is 0.187 e. The zero-order chi connectivity index (χ0) is 45.6. The molecule has 0 amide bonds. The van der Waals surface area contributed by atoms with Crippen LogP contribution in [0.25, 0.3) is 126 Å². The van der Waals surface area contributed by atoms with Crippen molar-refractivity contribution in [1.29, 1.82) is 5.26 Å². The van der Waals surface area contributed by atoms with E-state index in [1.54, 1.807) is 0 Å². The van der Waals surface area contributed by atoms with Crippen LogP contribution < -0.4 is 0 Å². The molecule has 2 heteroatoms. The maximum atomic E-state index is 9.86. The highest BCUT2D eigenvalue weighted by Crippen LogP contribution is 2.50. The van der Waals surface area contributed by atoms with Crippen LogP contribution in [0.5, 0.6) is 0 Å². The molecule has 0 aliphatic rings. The van der Waals surface area contributed by atoms with Gasteiger partial charge in [0, 0.05) is 0 Å². The second-order valence-corrected chi connectivity index (χ2v) is 17.4. The summed E-state index contributed by atoms with van der Waals surface area (Å²) >= 11 is 0. The third-order valence-corrected chi connectivity index (χ3v) is 13.4. The molecule has 314 valence electrons. The first-order valence-corrected chi connectivity index (χ1v) is 22.9. The molecule has 0 heterocycles. The molecule has 0 aliphatic heterocycles. The molecule has 68 heavy (non-hydrogen) atoms. The molecule has 0 saturated carbocycles. The van der Waals surface area contributed by atoms with E-state index in [4.69, 9.17) is 6.57 Å². The first-order chi connectivity index (χ1) is 33.6. The minimum absolute atomic E-state index is 0.610. The summed E-state index contributed by atoms with van der Waals surface area (Å²) in [7, 11) is 0.